The van der Waals surface area contributed by atoms with Gasteiger partial charge in [0, 0.05) is 29.8 Å². The lowest BCUT2D eigenvalue weighted by atomic mass is 10.1. The maximum absolute atomic E-state index is 12.0. The van der Waals surface area contributed by atoms with Crippen LogP contribution in [0.1, 0.15) is 29.3 Å². The minimum Gasteiger partial charge on any atom is -0.348 e. The van der Waals surface area contributed by atoms with Gasteiger partial charge in [0.1, 0.15) is 0 Å². The van der Waals surface area contributed by atoms with E-state index >= 15 is 0 Å². The number of rotatable bonds is 5. The molecule has 0 fully saturated rings. The predicted octanol–water partition coefficient (Wildman–Crippen LogP) is 1.37. The molecular formula is C12H17N3O3. The molecule has 0 saturated heterocycles. The molecule has 0 aliphatic heterocycles. The van der Waals surface area contributed by atoms with Crippen molar-refractivity contribution in [1.82, 2.24) is 5.32 Å². The number of nitrogens with zero attached hydrogens (tertiary/aromatic N) is 1. The van der Waals surface area contributed by atoms with Crippen LogP contribution in [0.2, 0.25) is 0 Å². The molecule has 18 heavy (non-hydrogen) atoms. The van der Waals surface area contributed by atoms with E-state index in [1.54, 1.807) is 13.0 Å². The summed E-state index contributed by atoms with van der Waals surface area (Å²) in [5, 5.41) is 13.5. The third-order valence-corrected chi connectivity index (χ3v) is 2.86. The summed E-state index contributed by atoms with van der Waals surface area (Å²) in [7, 11) is 0. The number of hydrogen-bond donors (Lipinski definition) is 2. The number of nitro benzene ring substituents is 1. The summed E-state index contributed by atoms with van der Waals surface area (Å²) < 4.78 is 0. The molecule has 1 aromatic carbocycles. The van der Waals surface area contributed by atoms with E-state index in [0.717, 1.165) is 6.42 Å². The number of amides is 1. The van der Waals surface area contributed by atoms with Crippen molar-refractivity contribution in [3.8, 4) is 0 Å². The Bertz CT molecular complexity index is 456. The molecule has 0 heterocycles. The number of carbonyl (C=O) groups excluding carboxylic acids is 1. The average molecular weight is 251 g/mol. The Morgan fingerprint density at radius 3 is 2.72 bits per heavy atom. The number of nitro groups is 1. The summed E-state index contributed by atoms with van der Waals surface area (Å²) in [4.78, 5) is 22.3. The summed E-state index contributed by atoms with van der Waals surface area (Å²) in [5.41, 5.74) is 6.13. The van der Waals surface area contributed by atoms with Crippen molar-refractivity contribution in [1.29, 1.82) is 0 Å². The van der Waals surface area contributed by atoms with E-state index in [1.165, 1.54) is 12.1 Å². The highest BCUT2D eigenvalue weighted by Gasteiger charge is 2.19. The number of carbonyl (C=O) groups is 1. The second kappa shape index (κ2) is 6.11. The lowest BCUT2D eigenvalue weighted by Gasteiger charge is -2.15. The van der Waals surface area contributed by atoms with Crippen LogP contribution < -0.4 is 11.1 Å². The fourth-order valence-electron chi connectivity index (χ4n) is 1.66. The van der Waals surface area contributed by atoms with Crippen LogP contribution in [0.3, 0.4) is 0 Å². The first kappa shape index (κ1) is 14.1. The summed E-state index contributed by atoms with van der Waals surface area (Å²) >= 11 is 0. The van der Waals surface area contributed by atoms with E-state index in [0.29, 0.717) is 17.7 Å². The van der Waals surface area contributed by atoms with E-state index in [4.69, 9.17) is 5.73 Å². The minimum absolute atomic E-state index is 0.0524. The Kier molecular flexibility index (Phi) is 4.79. The zero-order chi connectivity index (χ0) is 13.7. The van der Waals surface area contributed by atoms with Crippen LogP contribution in [0.5, 0.6) is 0 Å². The Morgan fingerprint density at radius 2 is 2.22 bits per heavy atom. The van der Waals surface area contributed by atoms with Crippen molar-refractivity contribution in [2.24, 2.45) is 5.73 Å². The van der Waals surface area contributed by atoms with Gasteiger partial charge in [-0.3, -0.25) is 14.9 Å². The van der Waals surface area contributed by atoms with E-state index in [-0.39, 0.29) is 17.6 Å². The first-order chi connectivity index (χ1) is 8.51. The molecule has 0 aliphatic rings. The van der Waals surface area contributed by atoms with Gasteiger partial charge in [0.05, 0.1) is 4.92 Å². The standard InChI is InChI=1S/C12H17N3O3/c1-3-9(7-13)14-12(16)10-5-4-6-11(8(10)2)15(17)18/h4-6,9H,3,7,13H2,1-2H3,(H,14,16). The summed E-state index contributed by atoms with van der Waals surface area (Å²) in [5.74, 6) is -0.325. The molecule has 0 aromatic heterocycles. The van der Waals surface area contributed by atoms with Gasteiger partial charge in [-0.25, -0.2) is 0 Å². The smallest absolute Gasteiger partial charge is 0.273 e. The fourth-order valence-corrected chi connectivity index (χ4v) is 1.66. The summed E-state index contributed by atoms with van der Waals surface area (Å²) in [6, 6.07) is 4.34. The van der Waals surface area contributed by atoms with E-state index < -0.39 is 4.92 Å². The topological polar surface area (TPSA) is 98.3 Å². The van der Waals surface area contributed by atoms with Crippen LogP contribution in [-0.2, 0) is 0 Å². The molecule has 0 bridgehead atoms. The van der Waals surface area contributed by atoms with Gasteiger partial charge < -0.3 is 11.1 Å². The molecule has 0 saturated carbocycles. The summed E-state index contributed by atoms with van der Waals surface area (Å²) in [6.07, 6.45) is 0.718. The molecule has 1 amide bonds. The van der Waals surface area contributed by atoms with Crippen LogP contribution in [0.25, 0.3) is 0 Å². The lowest BCUT2D eigenvalue weighted by Crippen LogP contribution is -2.39. The van der Waals surface area contributed by atoms with Crippen molar-refractivity contribution in [3.05, 3.63) is 39.4 Å². The monoisotopic (exact) mass is 251 g/mol. The van der Waals surface area contributed by atoms with Gasteiger partial charge in [0.25, 0.3) is 11.6 Å². The Balaban J connectivity index is 2.99. The molecule has 0 spiro atoms. The minimum atomic E-state index is -0.494. The highest BCUT2D eigenvalue weighted by Crippen LogP contribution is 2.21. The van der Waals surface area contributed by atoms with Gasteiger partial charge in [-0.2, -0.15) is 0 Å². The van der Waals surface area contributed by atoms with Crippen molar-refractivity contribution in [3.63, 3.8) is 0 Å². The highest BCUT2D eigenvalue weighted by molar-refractivity contribution is 5.96. The first-order valence-corrected chi connectivity index (χ1v) is 5.76. The number of benzene rings is 1. The molecule has 1 rings (SSSR count). The second-order valence-corrected chi connectivity index (χ2v) is 4.02. The SMILES string of the molecule is CCC(CN)NC(=O)c1cccc([N+](=O)[O-])c1C. The maximum atomic E-state index is 12.0. The zero-order valence-electron chi connectivity index (χ0n) is 10.5. The molecule has 0 aliphatic carbocycles. The number of nitrogens with two attached hydrogens (primary N) is 1. The zero-order valence-corrected chi connectivity index (χ0v) is 10.5. The van der Waals surface area contributed by atoms with Gasteiger partial charge in [-0.1, -0.05) is 13.0 Å². The van der Waals surface area contributed by atoms with Crippen molar-refractivity contribution in [2.75, 3.05) is 6.54 Å². The predicted molar refractivity (Wildman–Crippen MR) is 68.4 cm³/mol. The molecular weight excluding hydrogens is 234 g/mol. The maximum Gasteiger partial charge on any atom is 0.273 e. The van der Waals surface area contributed by atoms with E-state index in [9.17, 15) is 14.9 Å². The molecule has 6 nitrogen and oxygen atoms in total. The third kappa shape index (κ3) is 3.04. The van der Waals surface area contributed by atoms with Gasteiger partial charge in [-0.05, 0) is 19.4 Å². The van der Waals surface area contributed by atoms with Crippen molar-refractivity contribution >= 4 is 11.6 Å². The fraction of sp³-hybridized carbons (Fsp3) is 0.417. The van der Waals surface area contributed by atoms with Crippen molar-refractivity contribution in [2.45, 2.75) is 26.3 Å². The van der Waals surface area contributed by atoms with Crippen LogP contribution in [-0.4, -0.2) is 23.4 Å². The van der Waals surface area contributed by atoms with Crippen molar-refractivity contribution < 1.29 is 9.72 Å². The molecule has 1 atom stereocenters. The van der Waals surface area contributed by atoms with E-state index in [1.807, 2.05) is 6.92 Å². The molecule has 1 aromatic rings. The van der Waals surface area contributed by atoms with Crippen LogP contribution >= 0.6 is 0 Å². The summed E-state index contributed by atoms with van der Waals surface area (Å²) in [6.45, 7) is 3.82. The Labute approximate surface area is 105 Å². The average Bonchev–Trinajstić information content (AvgIpc) is 2.35. The normalized spacial score (nSPS) is 11.9. The first-order valence-electron chi connectivity index (χ1n) is 5.76. The number of nitrogens with one attached hydrogen (secondary N) is 1. The van der Waals surface area contributed by atoms with Gasteiger partial charge in [-0.15, -0.1) is 0 Å². The molecule has 3 N–H and O–H groups in total. The van der Waals surface area contributed by atoms with Gasteiger partial charge >= 0.3 is 0 Å². The Morgan fingerprint density at radius 1 is 1.56 bits per heavy atom. The molecule has 1 unspecified atom stereocenters. The number of hydrogen-bond acceptors (Lipinski definition) is 4. The van der Waals surface area contributed by atoms with Gasteiger partial charge in [0.15, 0.2) is 0 Å². The van der Waals surface area contributed by atoms with Crippen LogP contribution in [0.4, 0.5) is 5.69 Å². The lowest BCUT2D eigenvalue weighted by molar-refractivity contribution is -0.385. The van der Waals surface area contributed by atoms with E-state index in [2.05, 4.69) is 5.32 Å². The Hall–Kier alpha value is -1.95. The highest BCUT2D eigenvalue weighted by atomic mass is 16.6. The molecule has 6 heteroatoms. The quantitative estimate of drug-likeness (QED) is 0.610. The van der Waals surface area contributed by atoms with Crippen LogP contribution in [0.15, 0.2) is 18.2 Å². The largest absolute Gasteiger partial charge is 0.348 e. The molecule has 0 radical (unpaired) electrons. The van der Waals surface area contributed by atoms with Crippen LogP contribution in [0, 0.1) is 17.0 Å². The second-order valence-electron chi connectivity index (χ2n) is 4.02. The van der Waals surface area contributed by atoms with Gasteiger partial charge in [0.2, 0.25) is 0 Å². The molecule has 98 valence electrons. The third-order valence-electron chi connectivity index (χ3n) is 2.86.